The fourth-order valence-corrected chi connectivity index (χ4v) is 1.94. The lowest BCUT2D eigenvalue weighted by molar-refractivity contribution is -0.137. The molecule has 1 aliphatic rings. The van der Waals surface area contributed by atoms with Crippen LogP contribution in [0.5, 0.6) is 0 Å². The van der Waals surface area contributed by atoms with E-state index in [1.807, 2.05) is 0 Å². The number of alkyl halides is 3. The Morgan fingerprint density at radius 2 is 1.55 bits per heavy atom. The highest BCUT2D eigenvalue weighted by atomic mass is 19.4. The zero-order valence-electron chi connectivity index (χ0n) is 12.0. The van der Waals surface area contributed by atoms with Gasteiger partial charge in [0.25, 0.3) is 0 Å². The molecule has 0 heterocycles. The Kier molecular flexibility index (Phi) is 4.40. The Labute approximate surface area is 125 Å². The summed E-state index contributed by atoms with van der Waals surface area (Å²) < 4.78 is 37.2. The second-order valence-electron chi connectivity index (χ2n) is 4.87. The van der Waals surface area contributed by atoms with E-state index in [4.69, 9.17) is 0 Å². The van der Waals surface area contributed by atoms with Crippen LogP contribution in [0, 0.1) is 0 Å². The Morgan fingerprint density at radius 1 is 1.00 bits per heavy atom. The van der Waals surface area contributed by atoms with Gasteiger partial charge in [0.05, 0.1) is 17.5 Å². The second-order valence-corrected chi connectivity index (χ2v) is 4.87. The lowest BCUT2D eigenvalue weighted by Gasteiger charge is -2.08. The van der Waals surface area contributed by atoms with E-state index in [-0.39, 0.29) is 5.78 Å². The van der Waals surface area contributed by atoms with Gasteiger partial charge in [0.15, 0.2) is 5.78 Å². The number of hydrogen-bond acceptors (Lipinski definition) is 3. The van der Waals surface area contributed by atoms with Crippen molar-refractivity contribution in [2.24, 2.45) is 10.2 Å². The van der Waals surface area contributed by atoms with E-state index in [0.29, 0.717) is 22.4 Å². The molecule has 22 heavy (non-hydrogen) atoms. The van der Waals surface area contributed by atoms with Crippen molar-refractivity contribution in [2.75, 3.05) is 0 Å². The van der Waals surface area contributed by atoms with Gasteiger partial charge in [-0.25, -0.2) is 0 Å². The van der Waals surface area contributed by atoms with E-state index in [1.165, 1.54) is 18.3 Å². The lowest BCUT2D eigenvalue weighted by Crippen LogP contribution is -2.05. The Balaban J connectivity index is 2.13. The fraction of sp³-hybridized carbons (Fsp3) is 0.188. The van der Waals surface area contributed by atoms with Crippen LogP contribution in [0.15, 0.2) is 69.6 Å². The highest BCUT2D eigenvalue weighted by Gasteiger charge is 2.29. The van der Waals surface area contributed by atoms with Crippen LogP contribution in [0.25, 0.3) is 0 Å². The SMILES string of the molecule is CC1=CC(=CN=Nc2ccc(C(F)(F)F)cc2)C=C(C)C1=O. The maximum absolute atomic E-state index is 12.4. The van der Waals surface area contributed by atoms with Crippen LogP contribution in [0.4, 0.5) is 18.9 Å². The third kappa shape index (κ3) is 3.78. The molecule has 0 bridgehead atoms. The van der Waals surface area contributed by atoms with Crippen molar-refractivity contribution in [1.82, 2.24) is 0 Å². The quantitative estimate of drug-likeness (QED) is 0.697. The molecule has 6 heteroatoms. The molecule has 3 nitrogen and oxygen atoms in total. The van der Waals surface area contributed by atoms with E-state index in [9.17, 15) is 18.0 Å². The molecular formula is C16H13F3N2O. The van der Waals surface area contributed by atoms with Crippen LogP contribution in [0.1, 0.15) is 19.4 Å². The number of benzene rings is 1. The first-order valence-electron chi connectivity index (χ1n) is 6.47. The van der Waals surface area contributed by atoms with Gasteiger partial charge in [-0.15, -0.1) is 0 Å². The number of rotatable bonds is 2. The first kappa shape index (κ1) is 15.9. The Hall–Kier alpha value is -2.50. The highest BCUT2D eigenvalue weighted by molar-refractivity contribution is 6.09. The molecule has 0 N–H and O–H groups in total. The largest absolute Gasteiger partial charge is 0.416 e. The third-order valence-corrected chi connectivity index (χ3v) is 3.06. The molecule has 0 aliphatic heterocycles. The van der Waals surface area contributed by atoms with Gasteiger partial charge in [-0.2, -0.15) is 23.4 Å². The number of hydrogen-bond donors (Lipinski definition) is 0. The lowest BCUT2D eigenvalue weighted by atomic mass is 9.96. The van der Waals surface area contributed by atoms with Crippen LogP contribution in [0.3, 0.4) is 0 Å². The van der Waals surface area contributed by atoms with E-state index < -0.39 is 11.7 Å². The summed E-state index contributed by atoms with van der Waals surface area (Å²) in [5.74, 6) is -0.0168. The Morgan fingerprint density at radius 3 is 2.05 bits per heavy atom. The molecule has 0 saturated carbocycles. The van der Waals surface area contributed by atoms with E-state index in [0.717, 1.165) is 12.1 Å². The van der Waals surface area contributed by atoms with Gasteiger partial charge in [-0.3, -0.25) is 4.79 Å². The number of halogens is 3. The van der Waals surface area contributed by atoms with Crippen molar-refractivity contribution in [2.45, 2.75) is 20.0 Å². The standard InChI is InChI=1S/C16H13F3N2O/c1-10-7-12(8-11(2)15(10)22)9-20-21-14-5-3-13(4-6-14)16(17,18)19/h3-9H,1-2H3. The van der Waals surface area contributed by atoms with Gasteiger partial charge >= 0.3 is 6.18 Å². The zero-order valence-corrected chi connectivity index (χ0v) is 12.0. The van der Waals surface area contributed by atoms with Gasteiger partial charge in [0, 0.05) is 0 Å². The Bertz CT molecular complexity index is 684. The zero-order chi connectivity index (χ0) is 16.3. The van der Waals surface area contributed by atoms with Crippen LogP contribution in [0.2, 0.25) is 0 Å². The molecule has 0 unspecified atom stereocenters. The van der Waals surface area contributed by atoms with Crippen molar-refractivity contribution in [3.05, 3.63) is 64.9 Å². The predicted molar refractivity (Wildman–Crippen MR) is 76.6 cm³/mol. The minimum atomic E-state index is -4.36. The van der Waals surface area contributed by atoms with Crippen molar-refractivity contribution in [3.63, 3.8) is 0 Å². The highest BCUT2D eigenvalue weighted by Crippen LogP contribution is 2.30. The number of allylic oxidation sites excluding steroid dienone is 5. The molecule has 0 amide bonds. The summed E-state index contributed by atoms with van der Waals surface area (Å²) in [5, 5.41) is 7.66. The smallest absolute Gasteiger partial charge is 0.289 e. The summed E-state index contributed by atoms with van der Waals surface area (Å²) in [7, 11) is 0. The van der Waals surface area contributed by atoms with Gasteiger partial charge in [0.2, 0.25) is 0 Å². The summed E-state index contributed by atoms with van der Waals surface area (Å²) >= 11 is 0. The molecular weight excluding hydrogens is 293 g/mol. The predicted octanol–water partition coefficient (Wildman–Crippen LogP) is 5.15. The van der Waals surface area contributed by atoms with E-state index >= 15 is 0 Å². The van der Waals surface area contributed by atoms with E-state index in [1.54, 1.807) is 26.0 Å². The fourth-order valence-electron chi connectivity index (χ4n) is 1.94. The monoisotopic (exact) mass is 306 g/mol. The van der Waals surface area contributed by atoms with Crippen LogP contribution < -0.4 is 0 Å². The maximum Gasteiger partial charge on any atom is 0.416 e. The minimum Gasteiger partial charge on any atom is -0.289 e. The second kappa shape index (κ2) is 6.09. The van der Waals surface area contributed by atoms with Gasteiger partial charge in [-0.1, -0.05) is 0 Å². The van der Waals surface area contributed by atoms with Crippen molar-refractivity contribution < 1.29 is 18.0 Å². The summed E-state index contributed by atoms with van der Waals surface area (Å²) in [5.41, 5.74) is 1.52. The van der Waals surface area contributed by atoms with E-state index in [2.05, 4.69) is 10.2 Å². The first-order valence-corrected chi connectivity index (χ1v) is 6.47. The molecule has 0 aromatic heterocycles. The number of Topliss-reactive ketones (excluding diaryl/α,β-unsaturated/α-hetero) is 1. The summed E-state index contributed by atoms with van der Waals surface area (Å²) in [4.78, 5) is 11.6. The average Bonchev–Trinajstić information content (AvgIpc) is 2.44. The molecule has 0 spiro atoms. The molecule has 0 atom stereocenters. The van der Waals surface area contributed by atoms with Gasteiger partial charge in [0.1, 0.15) is 0 Å². The van der Waals surface area contributed by atoms with Crippen molar-refractivity contribution >= 4 is 11.5 Å². The molecule has 1 aromatic carbocycles. The maximum atomic E-state index is 12.4. The molecule has 0 fully saturated rings. The normalized spacial score (nSPS) is 15.9. The molecule has 1 aliphatic carbocycles. The molecule has 1 aromatic rings. The summed E-state index contributed by atoms with van der Waals surface area (Å²) in [6, 6.07) is 4.40. The van der Waals surface area contributed by atoms with Crippen LogP contribution in [-0.4, -0.2) is 5.78 Å². The van der Waals surface area contributed by atoms with Crippen molar-refractivity contribution in [1.29, 1.82) is 0 Å². The minimum absolute atomic E-state index is 0.0168. The number of ketones is 1. The topological polar surface area (TPSA) is 41.8 Å². The van der Waals surface area contributed by atoms with Crippen LogP contribution in [-0.2, 0) is 11.0 Å². The van der Waals surface area contributed by atoms with Gasteiger partial charge < -0.3 is 0 Å². The molecule has 0 radical (unpaired) electrons. The average molecular weight is 306 g/mol. The molecule has 0 saturated heterocycles. The number of carbonyl (C=O) groups excluding carboxylic acids is 1. The third-order valence-electron chi connectivity index (χ3n) is 3.06. The molecule has 114 valence electrons. The summed E-state index contributed by atoms with van der Waals surface area (Å²) in [6.07, 6.45) is 0.455. The summed E-state index contributed by atoms with van der Waals surface area (Å²) in [6.45, 7) is 3.42. The van der Waals surface area contributed by atoms with Crippen LogP contribution >= 0.6 is 0 Å². The molecule has 2 rings (SSSR count). The number of nitrogens with zero attached hydrogens (tertiary/aromatic N) is 2. The van der Waals surface area contributed by atoms with Crippen molar-refractivity contribution in [3.8, 4) is 0 Å². The van der Waals surface area contributed by atoms with Gasteiger partial charge in [-0.05, 0) is 67.0 Å². The first-order chi connectivity index (χ1) is 10.3. The number of azo groups is 1. The number of carbonyl (C=O) groups is 1.